The number of aryl methyl sites for hydroxylation is 1. The van der Waals surface area contributed by atoms with Gasteiger partial charge in [-0.15, -0.1) is 0 Å². The molecule has 23 heavy (non-hydrogen) atoms. The van der Waals surface area contributed by atoms with Crippen molar-refractivity contribution in [1.82, 2.24) is 10.9 Å². The Labute approximate surface area is 134 Å². The number of benzene rings is 2. The standard InChI is InChI=1S/C18H18N2O3/c1-3-11-23-16-9-7-14(8-10-16)17(21)19-20-18(22)15-6-4-5-13(2)12-15/h3-10,12H,1,11H2,2H3,(H,19,21)(H,20,22). The zero-order chi connectivity index (χ0) is 16.7. The molecule has 118 valence electrons. The normalized spacial score (nSPS) is 9.78. The molecule has 2 aromatic rings. The van der Waals surface area contributed by atoms with Crippen LogP contribution in [-0.4, -0.2) is 18.4 Å². The van der Waals surface area contributed by atoms with E-state index in [1.54, 1.807) is 48.5 Å². The van der Waals surface area contributed by atoms with E-state index in [0.717, 1.165) is 5.56 Å². The fourth-order valence-electron chi connectivity index (χ4n) is 1.90. The van der Waals surface area contributed by atoms with Crippen molar-refractivity contribution < 1.29 is 14.3 Å². The molecule has 0 saturated heterocycles. The van der Waals surface area contributed by atoms with E-state index in [0.29, 0.717) is 23.5 Å². The third-order valence-corrected chi connectivity index (χ3v) is 3.05. The largest absolute Gasteiger partial charge is 0.490 e. The first-order chi connectivity index (χ1) is 11.1. The minimum Gasteiger partial charge on any atom is -0.490 e. The molecule has 0 atom stereocenters. The van der Waals surface area contributed by atoms with E-state index in [4.69, 9.17) is 4.74 Å². The lowest BCUT2D eigenvalue weighted by molar-refractivity contribution is 0.0846. The molecule has 2 rings (SSSR count). The summed E-state index contributed by atoms with van der Waals surface area (Å²) in [6.07, 6.45) is 1.64. The smallest absolute Gasteiger partial charge is 0.269 e. The van der Waals surface area contributed by atoms with E-state index >= 15 is 0 Å². The highest BCUT2D eigenvalue weighted by atomic mass is 16.5. The van der Waals surface area contributed by atoms with Gasteiger partial charge < -0.3 is 4.74 Å². The quantitative estimate of drug-likeness (QED) is 0.659. The summed E-state index contributed by atoms with van der Waals surface area (Å²) in [5.74, 6) is -0.125. The molecule has 0 fully saturated rings. The Morgan fingerprint density at radius 1 is 1.04 bits per heavy atom. The van der Waals surface area contributed by atoms with Gasteiger partial charge in [-0.2, -0.15) is 0 Å². The summed E-state index contributed by atoms with van der Waals surface area (Å²) >= 11 is 0. The van der Waals surface area contributed by atoms with Gasteiger partial charge >= 0.3 is 0 Å². The van der Waals surface area contributed by atoms with Gasteiger partial charge in [0.25, 0.3) is 11.8 Å². The highest BCUT2D eigenvalue weighted by molar-refractivity contribution is 5.99. The van der Waals surface area contributed by atoms with Crippen LogP contribution < -0.4 is 15.6 Å². The molecular weight excluding hydrogens is 292 g/mol. The fourth-order valence-corrected chi connectivity index (χ4v) is 1.90. The van der Waals surface area contributed by atoms with Gasteiger partial charge in [0.05, 0.1) is 0 Å². The topological polar surface area (TPSA) is 67.4 Å². The minimum atomic E-state index is -0.402. The van der Waals surface area contributed by atoms with Crippen LogP contribution in [0.25, 0.3) is 0 Å². The van der Waals surface area contributed by atoms with Gasteiger partial charge in [0.15, 0.2) is 0 Å². The third kappa shape index (κ3) is 4.71. The molecule has 5 nitrogen and oxygen atoms in total. The van der Waals surface area contributed by atoms with Crippen LogP contribution in [0.4, 0.5) is 0 Å². The average molecular weight is 310 g/mol. The second-order valence-electron chi connectivity index (χ2n) is 4.90. The maximum absolute atomic E-state index is 12.0. The number of nitrogens with one attached hydrogen (secondary N) is 2. The number of carbonyl (C=O) groups excluding carboxylic acids is 2. The van der Waals surface area contributed by atoms with Crippen LogP contribution in [0.3, 0.4) is 0 Å². The van der Waals surface area contributed by atoms with E-state index in [2.05, 4.69) is 17.4 Å². The number of rotatable bonds is 5. The molecule has 0 aliphatic heterocycles. The number of hydrogen-bond donors (Lipinski definition) is 2. The van der Waals surface area contributed by atoms with Gasteiger partial charge in [-0.3, -0.25) is 20.4 Å². The van der Waals surface area contributed by atoms with Gasteiger partial charge in [-0.05, 0) is 43.3 Å². The predicted octanol–water partition coefficient (Wildman–Crippen LogP) is 2.63. The molecule has 0 radical (unpaired) electrons. The second kappa shape index (κ2) is 7.79. The molecule has 0 aliphatic carbocycles. The predicted molar refractivity (Wildman–Crippen MR) is 88.2 cm³/mol. The molecule has 0 bridgehead atoms. The Morgan fingerprint density at radius 2 is 1.70 bits per heavy atom. The average Bonchev–Trinajstić information content (AvgIpc) is 2.58. The van der Waals surface area contributed by atoms with Crippen LogP contribution in [0, 0.1) is 6.92 Å². The third-order valence-electron chi connectivity index (χ3n) is 3.05. The van der Waals surface area contributed by atoms with Crippen LogP contribution in [0.5, 0.6) is 5.75 Å². The number of amides is 2. The van der Waals surface area contributed by atoms with Crippen molar-refractivity contribution >= 4 is 11.8 Å². The first-order valence-electron chi connectivity index (χ1n) is 7.11. The Morgan fingerprint density at radius 3 is 2.30 bits per heavy atom. The lowest BCUT2D eigenvalue weighted by Gasteiger charge is -2.08. The number of hydrogen-bond acceptors (Lipinski definition) is 3. The number of hydrazine groups is 1. The molecule has 0 saturated carbocycles. The first-order valence-corrected chi connectivity index (χ1v) is 7.11. The monoisotopic (exact) mass is 310 g/mol. The zero-order valence-corrected chi connectivity index (χ0v) is 12.8. The Bertz CT molecular complexity index is 708. The van der Waals surface area contributed by atoms with Crippen molar-refractivity contribution in [1.29, 1.82) is 0 Å². The molecule has 0 unspecified atom stereocenters. The first kappa shape index (κ1) is 16.3. The van der Waals surface area contributed by atoms with Gasteiger partial charge in [-0.25, -0.2) is 0 Å². The molecule has 0 aliphatic rings. The summed E-state index contributed by atoms with van der Waals surface area (Å²) in [6.45, 7) is 5.86. The summed E-state index contributed by atoms with van der Waals surface area (Å²) in [6, 6.07) is 13.7. The molecule has 2 aromatic carbocycles. The minimum absolute atomic E-state index is 0.368. The molecule has 5 heteroatoms. The van der Waals surface area contributed by atoms with Crippen LogP contribution in [0.1, 0.15) is 26.3 Å². The van der Waals surface area contributed by atoms with E-state index in [1.807, 2.05) is 13.0 Å². The van der Waals surface area contributed by atoms with E-state index < -0.39 is 5.91 Å². The molecular formula is C18H18N2O3. The van der Waals surface area contributed by atoms with Crippen molar-refractivity contribution in [3.8, 4) is 5.75 Å². The summed E-state index contributed by atoms with van der Waals surface area (Å²) < 4.78 is 5.34. The van der Waals surface area contributed by atoms with E-state index in [1.165, 1.54) is 0 Å². The van der Waals surface area contributed by atoms with Gasteiger partial charge in [0, 0.05) is 11.1 Å². The van der Waals surface area contributed by atoms with Crippen molar-refractivity contribution in [2.24, 2.45) is 0 Å². The molecule has 0 spiro atoms. The molecule has 2 N–H and O–H groups in total. The highest BCUT2D eigenvalue weighted by Crippen LogP contribution is 2.12. The SMILES string of the molecule is C=CCOc1ccc(C(=O)NNC(=O)c2cccc(C)c2)cc1. The maximum Gasteiger partial charge on any atom is 0.269 e. The maximum atomic E-state index is 12.0. The van der Waals surface area contributed by atoms with Crippen molar-refractivity contribution in [3.63, 3.8) is 0 Å². The number of carbonyl (C=O) groups is 2. The molecule has 0 aromatic heterocycles. The Kier molecular flexibility index (Phi) is 5.52. The molecule has 0 heterocycles. The molecule has 2 amide bonds. The van der Waals surface area contributed by atoms with E-state index in [-0.39, 0.29) is 5.91 Å². The summed E-state index contributed by atoms with van der Waals surface area (Å²) in [5, 5.41) is 0. The van der Waals surface area contributed by atoms with Crippen molar-refractivity contribution in [3.05, 3.63) is 77.9 Å². The second-order valence-corrected chi connectivity index (χ2v) is 4.90. The van der Waals surface area contributed by atoms with Crippen molar-refractivity contribution in [2.45, 2.75) is 6.92 Å². The van der Waals surface area contributed by atoms with Crippen LogP contribution in [0.15, 0.2) is 61.2 Å². The van der Waals surface area contributed by atoms with Crippen LogP contribution in [0.2, 0.25) is 0 Å². The van der Waals surface area contributed by atoms with Crippen molar-refractivity contribution in [2.75, 3.05) is 6.61 Å². The van der Waals surface area contributed by atoms with Gasteiger partial charge in [0.2, 0.25) is 0 Å². The van der Waals surface area contributed by atoms with Gasteiger partial charge in [-0.1, -0.05) is 30.4 Å². The van der Waals surface area contributed by atoms with E-state index in [9.17, 15) is 9.59 Å². The summed E-state index contributed by atoms with van der Waals surface area (Å²) in [5.41, 5.74) is 6.65. The Hall–Kier alpha value is -3.08. The number of ether oxygens (including phenoxy) is 1. The van der Waals surface area contributed by atoms with Crippen LogP contribution in [-0.2, 0) is 0 Å². The lowest BCUT2D eigenvalue weighted by Crippen LogP contribution is -2.41. The highest BCUT2D eigenvalue weighted by Gasteiger charge is 2.09. The van der Waals surface area contributed by atoms with Crippen LogP contribution >= 0.6 is 0 Å². The van der Waals surface area contributed by atoms with Gasteiger partial charge in [0.1, 0.15) is 12.4 Å². The Balaban J connectivity index is 1.91. The summed E-state index contributed by atoms with van der Waals surface area (Å²) in [7, 11) is 0. The fraction of sp³-hybridized carbons (Fsp3) is 0.111. The lowest BCUT2D eigenvalue weighted by atomic mass is 10.1. The zero-order valence-electron chi connectivity index (χ0n) is 12.8. The summed E-state index contributed by atoms with van der Waals surface area (Å²) in [4.78, 5) is 23.9.